The first-order valence-electron chi connectivity index (χ1n) is 8.71. The van der Waals surface area contributed by atoms with Crippen LogP contribution < -0.4 is 4.90 Å². The highest BCUT2D eigenvalue weighted by atomic mass is 16.2. The van der Waals surface area contributed by atoms with Crippen molar-refractivity contribution in [2.45, 2.75) is 12.5 Å². The summed E-state index contributed by atoms with van der Waals surface area (Å²) < 4.78 is 0. The smallest absolute Gasteiger partial charge is 0.259 e. The van der Waals surface area contributed by atoms with Crippen LogP contribution in [0, 0.1) is 0 Å². The number of nitrogens with one attached hydrogen (secondary N) is 1. The van der Waals surface area contributed by atoms with Crippen molar-refractivity contribution in [1.82, 2.24) is 10.2 Å². The first-order chi connectivity index (χ1) is 12.8. The van der Waals surface area contributed by atoms with Crippen molar-refractivity contribution in [1.29, 1.82) is 0 Å². The summed E-state index contributed by atoms with van der Waals surface area (Å²) in [4.78, 5) is 15.4. The van der Waals surface area contributed by atoms with Crippen molar-refractivity contribution in [3.8, 4) is 0 Å². The van der Waals surface area contributed by atoms with Gasteiger partial charge < -0.3 is 0 Å². The number of anilines is 1. The summed E-state index contributed by atoms with van der Waals surface area (Å²) in [5.74, 6) is 0.0365. The maximum atomic E-state index is 13.5. The third-order valence-electron chi connectivity index (χ3n) is 5.12. The molecule has 1 N–H and O–H groups in total. The second-order valence-corrected chi connectivity index (χ2v) is 6.58. The number of hydrogen-bond donors (Lipinski definition) is 1. The molecule has 2 heterocycles. The number of nitrogens with zero attached hydrogens (tertiary/aromatic N) is 2. The molecule has 0 radical (unpaired) electrons. The van der Waals surface area contributed by atoms with Gasteiger partial charge in [-0.3, -0.25) is 14.8 Å². The van der Waals surface area contributed by atoms with Gasteiger partial charge in [-0.1, -0.05) is 54.6 Å². The van der Waals surface area contributed by atoms with Gasteiger partial charge in [0.1, 0.15) is 0 Å². The van der Waals surface area contributed by atoms with Gasteiger partial charge in [-0.2, -0.15) is 5.10 Å². The average molecular weight is 339 g/mol. The summed E-state index contributed by atoms with van der Waals surface area (Å²) in [5, 5.41) is 9.20. The molecule has 4 heteroatoms. The Morgan fingerprint density at radius 3 is 2.65 bits per heavy atom. The number of rotatable bonds is 2. The van der Waals surface area contributed by atoms with E-state index in [1.807, 2.05) is 65.8 Å². The minimum Gasteiger partial charge on any atom is -0.300 e. The van der Waals surface area contributed by atoms with Gasteiger partial charge >= 0.3 is 0 Å². The number of fused-ring (bicyclic) bond motifs is 2. The fourth-order valence-electron chi connectivity index (χ4n) is 3.88. The molecule has 1 aliphatic rings. The van der Waals surface area contributed by atoms with Gasteiger partial charge in [0, 0.05) is 22.7 Å². The molecule has 4 nitrogen and oxygen atoms in total. The van der Waals surface area contributed by atoms with Crippen LogP contribution in [0.3, 0.4) is 0 Å². The van der Waals surface area contributed by atoms with Crippen LogP contribution in [-0.4, -0.2) is 16.1 Å². The summed E-state index contributed by atoms with van der Waals surface area (Å²) in [6.45, 7) is 0. The molecule has 0 saturated carbocycles. The number of benzene rings is 3. The van der Waals surface area contributed by atoms with Crippen LogP contribution in [0.15, 0.2) is 79.1 Å². The van der Waals surface area contributed by atoms with Crippen LogP contribution in [0.5, 0.6) is 0 Å². The number of aromatic amines is 1. The van der Waals surface area contributed by atoms with E-state index in [1.54, 1.807) is 0 Å². The zero-order valence-electron chi connectivity index (χ0n) is 14.1. The predicted molar refractivity (Wildman–Crippen MR) is 102 cm³/mol. The number of amides is 1. The van der Waals surface area contributed by atoms with Gasteiger partial charge in [0.15, 0.2) is 0 Å². The van der Waals surface area contributed by atoms with E-state index in [0.29, 0.717) is 0 Å². The number of H-pyrrole nitrogens is 1. The number of hydrogen-bond acceptors (Lipinski definition) is 2. The van der Waals surface area contributed by atoms with Crippen LogP contribution in [0.4, 0.5) is 5.69 Å². The highest BCUT2D eigenvalue weighted by molar-refractivity contribution is 6.12. The van der Waals surface area contributed by atoms with E-state index in [9.17, 15) is 4.79 Å². The summed E-state index contributed by atoms with van der Waals surface area (Å²) >= 11 is 0. The number of carbonyl (C=O) groups is 1. The number of aromatic nitrogens is 2. The van der Waals surface area contributed by atoms with Crippen molar-refractivity contribution in [2.24, 2.45) is 0 Å². The second-order valence-electron chi connectivity index (χ2n) is 6.58. The molecule has 0 bridgehead atoms. The zero-order chi connectivity index (χ0) is 17.5. The molecule has 0 spiro atoms. The normalized spacial score (nSPS) is 16.7. The quantitative estimate of drug-likeness (QED) is 0.584. The maximum Gasteiger partial charge on any atom is 0.259 e. The Labute approximate surface area is 151 Å². The third-order valence-corrected chi connectivity index (χ3v) is 5.12. The van der Waals surface area contributed by atoms with E-state index >= 15 is 0 Å². The minimum atomic E-state index is -0.0815. The summed E-state index contributed by atoms with van der Waals surface area (Å²) in [7, 11) is 0. The third kappa shape index (κ3) is 2.23. The van der Waals surface area contributed by atoms with Gasteiger partial charge in [0.25, 0.3) is 5.91 Å². The van der Waals surface area contributed by atoms with E-state index in [2.05, 4.69) is 28.4 Å². The van der Waals surface area contributed by atoms with Crippen molar-refractivity contribution in [3.63, 3.8) is 0 Å². The monoisotopic (exact) mass is 339 g/mol. The Morgan fingerprint density at radius 2 is 1.77 bits per heavy atom. The lowest BCUT2D eigenvalue weighted by Crippen LogP contribution is -2.40. The molecule has 0 fully saturated rings. The van der Waals surface area contributed by atoms with Crippen LogP contribution in [0.1, 0.15) is 27.5 Å². The zero-order valence-corrected chi connectivity index (χ0v) is 14.1. The Bertz CT molecular complexity index is 1100. The van der Waals surface area contributed by atoms with Gasteiger partial charge in [0.2, 0.25) is 0 Å². The molecule has 1 unspecified atom stereocenters. The van der Waals surface area contributed by atoms with Crippen LogP contribution in [0.25, 0.3) is 10.8 Å². The van der Waals surface area contributed by atoms with E-state index in [-0.39, 0.29) is 11.9 Å². The van der Waals surface area contributed by atoms with Crippen molar-refractivity contribution in [3.05, 3.63) is 95.8 Å². The van der Waals surface area contributed by atoms with Crippen molar-refractivity contribution < 1.29 is 4.79 Å². The van der Waals surface area contributed by atoms with Crippen molar-refractivity contribution in [2.75, 3.05) is 4.90 Å². The molecule has 1 aromatic heterocycles. The van der Waals surface area contributed by atoms with E-state index < -0.39 is 0 Å². The first kappa shape index (κ1) is 14.9. The predicted octanol–water partition coefficient (Wildman–Crippen LogP) is 4.51. The van der Waals surface area contributed by atoms with Crippen LogP contribution >= 0.6 is 0 Å². The lowest BCUT2D eigenvalue weighted by molar-refractivity contribution is 0.0967. The van der Waals surface area contributed by atoms with Gasteiger partial charge in [-0.25, -0.2) is 0 Å². The largest absolute Gasteiger partial charge is 0.300 e. The summed E-state index contributed by atoms with van der Waals surface area (Å²) in [6.07, 6.45) is 4.46. The summed E-state index contributed by atoms with van der Waals surface area (Å²) in [6, 6.07) is 22.1. The molecular weight excluding hydrogens is 322 g/mol. The minimum absolute atomic E-state index is 0.0365. The molecule has 126 valence electrons. The fourth-order valence-corrected chi connectivity index (χ4v) is 3.88. The lowest BCUT2D eigenvalue weighted by Gasteiger charge is -2.37. The maximum absolute atomic E-state index is 13.5. The Balaban J connectivity index is 1.75. The average Bonchev–Trinajstić information content (AvgIpc) is 3.22. The SMILES string of the molecule is O=C1c2ccccc2CC(c2cn[nH]c2)N1c1cccc2ccccc12. The van der Waals surface area contributed by atoms with E-state index in [4.69, 9.17) is 0 Å². The lowest BCUT2D eigenvalue weighted by atomic mass is 9.89. The topological polar surface area (TPSA) is 49.0 Å². The van der Waals surface area contributed by atoms with Gasteiger partial charge in [-0.15, -0.1) is 0 Å². The Hall–Kier alpha value is -3.40. The number of carbonyl (C=O) groups excluding carboxylic acids is 1. The molecule has 0 saturated heterocycles. The second kappa shape index (κ2) is 5.85. The molecule has 26 heavy (non-hydrogen) atoms. The fraction of sp³-hybridized carbons (Fsp3) is 0.0909. The highest BCUT2D eigenvalue weighted by Crippen LogP contribution is 2.39. The summed E-state index contributed by atoms with van der Waals surface area (Å²) in [5.41, 5.74) is 3.81. The Kier molecular flexibility index (Phi) is 3.35. The van der Waals surface area contributed by atoms with E-state index in [1.165, 1.54) is 0 Å². The van der Waals surface area contributed by atoms with Crippen LogP contribution in [0.2, 0.25) is 0 Å². The molecule has 1 atom stereocenters. The highest BCUT2D eigenvalue weighted by Gasteiger charge is 2.35. The standard InChI is InChI=1S/C22H17N3O/c26-22-19-10-4-2-7-16(19)12-21(17-13-23-24-14-17)25(22)20-11-5-8-15-6-1-3-9-18(15)20/h1-11,13-14,21H,12H2,(H,23,24). The molecule has 4 aromatic rings. The van der Waals surface area contributed by atoms with E-state index in [0.717, 1.165) is 39.6 Å². The Morgan fingerprint density at radius 1 is 0.962 bits per heavy atom. The molecule has 5 rings (SSSR count). The molecule has 0 aliphatic carbocycles. The molecule has 1 amide bonds. The molecule has 1 aliphatic heterocycles. The first-order valence-corrected chi connectivity index (χ1v) is 8.71. The molecule has 3 aromatic carbocycles. The van der Waals surface area contributed by atoms with Gasteiger partial charge in [0.05, 0.1) is 17.9 Å². The van der Waals surface area contributed by atoms with Crippen LogP contribution in [-0.2, 0) is 6.42 Å². The van der Waals surface area contributed by atoms with Gasteiger partial charge in [-0.05, 0) is 29.5 Å². The van der Waals surface area contributed by atoms with Crippen molar-refractivity contribution >= 4 is 22.4 Å². The molecular formula is C22H17N3O.